The van der Waals surface area contributed by atoms with Crippen molar-refractivity contribution in [3.8, 4) is 54.8 Å². The minimum atomic E-state index is -1.07. The summed E-state index contributed by atoms with van der Waals surface area (Å²) in [5, 5.41) is 17.0. The van der Waals surface area contributed by atoms with E-state index < -0.39 is 11.9 Å². The molecule has 0 amide bonds. The number of carbonyl (C=O) groups is 3. The third-order valence-electron chi connectivity index (χ3n) is 8.15. The highest BCUT2D eigenvalue weighted by atomic mass is 79.9. The molecule has 0 unspecified atom stereocenters. The van der Waals surface area contributed by atoms with E-state index in [4.69, 9.17) is 51.1 Å². The summed E-state index contributed by atoms with van der Waals surface area (Å²) in [6.45, 7) is 1.47. The predicted octanol–water partition coefficient (Wildman–Crippen LogP) is 13.7. The van der Waals surface area contributed by atoms with E-state index in [2.05, 4.69) is 25.9 Å². The van der Waals surface area contributed by atoms with Gasteiger partial charge >= 0.3 is 11.9 Å². The molecule has 0 atom stereocenters. The van der Waals surface area contributed by atoms with E-state index in [9.17, 15) is 19.5 Å². The summed E-state index contributed by atoms with van der Waals surface area (Å²) in [5.74, 6) is -1.59. The molecule has 14 heteroatoms. The van der Waals surface area contributed by atoms with Crippen molar-refractivity contribution >= 4 is 103 Å². The Kier molecular flexibility index (Phi) is 12.9. The van der Waals surface area contributed by atoms with Crippen LogP contribution >= 0.6 is 85.0 Å². The minimum absolute atomic E-state index is 0.109. The highest BCUT2D eigenvalue weighted by Gasteiger charge is 2.19. The zero-order valence-corrected chi connectivity index (χ0v) is 34.8. The molecule has 0 spiro atoms. The summed E-state index contributed by atoms with van der Waals surface area (Å²) in [5.41, 5.74) is 6.88. The normalized spacial score (nSPS) is 10.7. The van der Waals surface area contributed by atoms with Gasteiger partial charge in [-0.3, -0.25) is 4.79 Å². The van der Waals surface area contributed by atoms with Gasteiger partial charge in [0.05, 0.1) is 49.7 Å². The molecular weight excluding hydrogens is 886 g/mol. The molecule has 0 bridgehead atoms. The summed E-state index contributed by atoms with van der Waals surface area (Å²) in [6.07, 6.45) is 0. The van der Waals surface area contributed by atoms with Gasteiger partial charge in [-0.15, -0.1) is 22.7 Å². The molecule has 0 radical (unpaired) electrons. The van der Waals surface area contributed by atoms with Crippen LogP contribution in [-0.2, 0) is 4.74 Å². The molecule has 55 heavy (non-hydrogen) atoms. The van der Waals surface area contributed by atoms with Gasteiger partial charge in [0.2, 0.25) is 0 Å². The Bertz CT molecular complexity index is 2610. The number of esters is 1. The summed E-state index contributed by atoms with van der Waals surface area (Å²) in [6, 6.07) is 28.3. The Morgan fingerprint density at radius 1 is 0.618 bits per heavy atom. The number of carboxylic acids is 1. The van der Waals surface area contributed by atoms with Crippen LogP contribution in [-0.4, -0.2) is 39.9 Å². The zero-order valence-electron chi connectivity index (χ0n) is 28.6. The van der Waals surface area contributed by atoms with E-state index >= 15 is 0 Å². The number of methoxy groups -OCH3 is 1. The lowest BCUT2D eigenvalue weighted by Crippen LogP contribution is -2.03. The number of aromatic nitrogens is 2. The van der Waals surface area contributed by atoms with Gasteiger partial charge in [0, 0.05) is 43.1 Å². The Hall–Kier alpha value is -4.39. The van der Waals surface area contributed by atoms with Crippen molar-refractivity contribution in [1.29, 1.82) is 0 Å². The number of rotatable bonds is 8. The number of aromatic carboxylic acids is 1. The summed E-state index contributed by atoms with van der Waals surface area (Å²) >= 11 is 30.4. The number of ketones is 1. The van der Waals surface area contributed by atoms with Crippen molar-refractivity contribution in [1.82, 2.24) is 9.97 Å². The maximum Gasteiger partial charge on any atom is 0.339 e. The van der Waals surface area contributed by atoms with Crippen molar-refractivity contribution in [3.63, 3.8) is 0 Å². The van der Waals surface area contributed by atoms with Crippen LogP contribution in [0.1, 0.15) is 38.0 Å². The topological polar surface area (TPSA) is 106 Å². The molecular formula is C41H25BrCl4N2O5S2. The highest BCUT2D eigenvalue weighted by molar-refractivity contribution is 9.10. The van der Waals surface area contributed by atoms with Crippen molar-refractivity contribution < 1.29 is 24.2 Å². The zero-order chi connectivity index (χ0) is 39.4. The molecule has 7 rings (SSSR count). The second kappa shape index (κ2) is 17.6. The lowest BCUT2D eigenvalue weighted by atomic mass is 9.92. The molecule has 0 aliphatic heterocycles. The first-order valence-electron chi connectivity index (χ1n) is 16.0. The van der Waals surface area contributed by atoms with Crippen LogP contribution in [0.2, 0.25) is 20.1 Å². The molecule has 0 aliphatic carbocycles. The number of hydrogen-bond acceptors (Lipinski definition) is 8. The molecule has 2 aromatic heterocycles. The fourth-order valence-corrected chi connectivity index (χ4v) is 8.08. The molecule has 0 fully saturated rings. The number of nitrogens with zero attached hydrogens (tertiary/aromatic N) is 2. The third-order valence-corrected chi connectivity index (χ3v) is 12.1. The summed E-state index contributed by atoms with van der Waals surface area (Å²) in [4.78, 5) is 45.1. The molecule has 1 N–H and O–H groups in total. The standard InChI is InChI=1S/C24H15Cl2NO3S.C17H10BrCl2NO2S/c1-13(28)16-4-2-3-5-17(16)18-8-6-15(10-19(18)24(29)30)23-27-22(12-31-23)14-7-9-20(25)21(26)11-14;1-23-17(22)11-6-10(2-4-12(11)18)16-21-15(8-24-16)9-3-5-13(19)14(20)7-9/h2-12H,1H3,(H,29,30);2-8H,1H3. The van der Waals surface area contributed by atoms with Crippen LogP contribution in [0.15, 0.2) is 112 Å². The molecule has 276 valence electrons. The Balaban J connectivity index is 0.000000193. The number of carbonyl (C=O) groups excluding carboxylic acids is 2. The van der Waals surface area contributed by atoms with Crippen LogP contribution in [0.5, 0.6) is 0 Å². The second-order valence-corrected chi connectivity index (χ2v) is 15.9. The van der Waals surface area contributed by atoms with Crippen LogP contribution in [0.3, 0.4) is 0 Å². The Morgan fingerprint density at radius 2 is 1.11 bits per heavy atom. The molecule has 7 aromatic rings. The van der Waals surface area contributed by atoms with Gasteiger partial charge < -0.3 is 9.84 Å². The van der Waals surface area contributed by atoms with Crippen LogP contribution in [0.4, 0.5) is 0 Å². The number of halogens is 5. The maximum atomic E-state index is 12.0. The number of benzene rings is 5. The van der Waals surface area contributed by atoms with Gasteiger partial charge in [0.25, 0.3) is 0 Å². The van der Waals surface area contributed by atoms with Crippen molar-refractivity contribution in [2.45, 2.75) is 6.92 Å². The first kappa shape index (κ1) is 40.3. The lowest BCUT2D eigenvalue weighted by molar-refractivity contribution is 0.0598. The van der Waals surface area contributed by atoms with Crippen LogP contribution in [0, 0.1) is 0 Å². The van der Waals surface area contributed by atoms with Gasteiger partial charge in [-0.2, -0.15) is 0 Å². The van der Waals surface area contributed by atoms with E-state index in [-0.39, 0.29) is 11.3 Å². The first-order chi connectivity index (χ1) is 26.3. The summed E-state index contributed by atoms with van der Waals surface area (Å²) in [7, 11) is 1.35. The van der Waals surface area contributed by atoms with Crippen LogP contribution < -0.4 is 0 Å². The molecule has 0 saturated heterocycles. The number of hydrogen-bond donors (Lipinski definition) is 1. The largest absolute Gasteiger partial charge is 0.478 e. The lowest BCUT2D eigenvalue weighted by Gasteiger charge is -2.11. The van der Waals surface area contributed by atoms with Crippen molar-refractivity contribution in [2.24, 2.45) is 0 Å². The smallest absolute Gasteiger partial charge is 0.339 e. The maximum absolute atomic E-state index is 12.0. The number of thiazole rings is 2. The average Bonchev–Trinajstić information content (AvgIpc) is 3.89. The monoisotopic (exact) mass is 908 g/mol. The van der Waals surface area contributed by atoms with Crippen LogP contribution in [0.25, 0.3) is 54.8 Å². The van der Waals surface area contributed by atoms with E-state index in [1.165, 1.54) is 36.7 Å². The van der Waals surface area contributed by atoms with Gasteiger partial charge in [-0.1, -0.05) is 101 Å². The van der Waals surface area contributed by atoms with Gasteiger partial charge in [0.15, 0.2) is 5.78 Å². The fraction of sp³-hybridized carbons (Fsp3) is 0.0488. The van der Waals surface area contributed by atoms with E-state index in [1.54, 1.807) is 66.7 Å². The highest BCUT2D eigenvalue weighted by Crippen LogP contribution is 2.37. The van der Waals surface area contributed by atoms with E-state index in [0.29, 0.717) is 57.4 Å². The Morgan fingerprint density at radius 3 is 1.62 bits per heavy atom. The molecule has 7 nitrogen and oxygen atoms in total. The number of ether oxygens (including phenoxy) is 1. The molecule has 0 saturated carbocycles. The van der Waals surface area contributed by atoms with Gasteiger partial charge in [-0.25, -0.2) is 19.6 Å². The fourth-order valence-electron chi connectivity index (χ4n) is 5.43. The SMILES string of the molecule is CC(=O)c1ccccc1-c1ccc(-c2nc(-c3ccc(Cl)c(Cl)c3)cs2)cc1C(=O)O.COC(=O)c1cc(-c2nc(-c3ccc(Cl)c(Cl)c3)cs2)ccc1Br. The van der Waals surface area contributed by atoms with Crippen molar-refractivity contribution in [3.05, 3.63) is 149 Å². The molecule has 2 heterocycles. The number of Topliss-reactive ketones (excluding diaryl/α,β-unsaturated/α-hetero) is 1. The van der Waals surface area contributed by atoms with E-state index in [1.807, 2.05) is 41.1 Å². The molecule has 5 aromatic carbocycles. The first-order valence-corrected chi connectivity index (χ1v) is 20.1. The number of carboxylic acid groups (broad SMARTS) is 1. The third kappa shape index (κ3) is 9.19. The predicted molar refractivity (Wildman–Crippen MR) is 227 cm³/mol. The minimum Gasteiger partial charge on any atom is -0.478 e. The van der Waals surface area contributed by atoms with Gasteiger partial charge in [-0.05, 0) is 76.4 Å². The van der Waals surface area contributed by atoms with Crippen molar-refractivity contribution in [2.75, 3.05) is 7.11 Å². The quantitative estimate of drug-likeness (QED) is 0.120. The average molecular weight is 912 g/mol. The molecule has 0 aliphatic rings. The van der Waals surface area contributed by atoms with E-state index in [0.717, 1.165) is 33.1 Å². The summed E-state index contributed by atoms with van der Waals surface area (Å²) < 4.78 is 5.47. The Labute approximate surface area is 352 Å². The second-order valence-electron chi connectivity index (χ2n) is 11.7. The van der Waals surface area contributed by atoms with Gasteiger partial charge in [0.1, 0.15) is 10.0 Å².